The zero-order chi connectivity index (χ0) is 23.1. The van der Waals surface area contributed by atoms with Crippen molar-refractivity contribution >= 4 is 17.5 Å². The van der Waals surface area contributed by atoms with E-state index in [4.69, 9.17) is 0 Å². The Morgan fingerprint density at radius 3 is 2.29 bits per heavy atom. The molecule has 1 amide bonds. The highest BCUT2D eigenvalue weighted by atomic mass is 16.3. The third-order valence-corrected chi connectivity index (χ3v) is 6.18. The summed E-state index contributed by atoms with van der Waals surface area (Å²) in [6.45, 7) is 9.59. The van der Waals surface area contributed by atoms with E-state index in [-0.39, 0.29) is 41.6 Å². The topological polar surface area (TPSA) is 87.6 Å². The molecule has 1 aliphatic rings. The lowest BCUT2D eigenvalue weighted by molar-refractivity contribution is -0.137. The Hall–Kier alpha value is -3.02. The number of rotatable bonds is 4. The van der Waals surface area contributed by atoms with Gasteiger partial charge in [0.25, 0.3) is 0 Å². The van der Waals surface area contributed by atoms with Crippen LogP contribution in [0.1, 0.15) is 56.2 Å². The Balaban J connectivity index is 1.87. The van der Waals surface area contributed by atoms with Gasteiger partial charge in [-0.25, -0.2) is 0 Å². The van der Waals surface area contributed by atoms with Gasteiger partial charge < -0.3 is 10.0 Å². The number of nitrogens with zero attached hydrogens (tertiary/aromatic N) is 2. The van der Waals surface area contributed by atoms with E-state index in [0.29, 0.717) is 5.69 Å². The highest BCUT2D eigenvalue weighted by Gasteiger charge is 2.44. The van der Waals surface area contributed by atoms with Crippen LogP contribution in [0.25, 0.3) is 11.3 Å². The highest BCUT2D eigenvalue weighted by Crippen LogP contribution is 2.39. The molecule has 0 radical (unpaired) electrons. The van der Waals surface area contributed by atoms with Crippen LogP contribution in [0.5, 0.6) is 5.75 Å². The van der Waals surface area contributed by atoms with Crippen molar-refractivity contribution in [3.63, 3.8) is 0 Å². The number of aromatic hydroxyl groups is 1. The first-order valence-electron chi connectivity index (χ1n) is 10.5. The molecule has 1 fully saturated rings. The van der Waals surface area contributed by atoms with Crippen LogP contribution in [0.4, 0.5) is 0 Å². The fraction of sp³-hybridized carbons (Fsp3) is 0.440. The third kappa shape index (κ3) is 4.53. The highest BCUT2D eigenvalue weighted by molar-refractivity contribution is 6.15. The van der Waals surface area contributed by atoms with Crippen LogP contribution in [-0.2, 0) is 14.4 Å². The number of hydrogen-bond donors (Lipinski definition) is 1. The second kappa shape index (κ2) is 8.25. The van der Waals surface area contributed by atoms with Crippen LogP contribution < -0.4 is 0 Å². The van der Waals surface area contributed by atoms with Crippen molar-refractivity contribution in [2.45, 2.75) is 58.9 Å². The predicted molar refractivity (Wildman–Crippen MR) is 119 cm³/mol. The first-order chi connectivity index (χ1) is 14.4. The molecule has 2 atom stereocenters. The lowest BCUT2D eigenvalue weighted by Crippen LogP contribution is -2.43. The molecule has 31 heavy (non-hydrogen) atoms. The third-order valence-electron chi connectivity index (χ3n) is 6.18. The summed E-state index contributed by atoms with van der Waals surface area (Å²) in [6.07, 6.45) is 1.55. The standard InChI is InChI=1S/C25H30N2O4/c1-14-9-16(19-8-7-18(28)13-26-19)10-15(2)22(14)23-20(29)11-17(24(23)31)12-21(30)27(6)25(3,4)5/h7-10,13,17,23,28H,11-12H2,1-6H3. The monoisotopic (exact) mass is 422 g/mol. The fourth-order valence-corrected chi connectivity index (χ4v) is 4.19. The molecule has 0 spiro atoms. The normalized spacial score (nSPS) is 19.0. The number of benzene rings is 1. The quantitative estimate of drug-likeness (QED) is 0.754. The molecular formula is C25H30N2O4. The van der Waals surface area contributed by atoms with Crippen molar-refractivity contribution in [1.29, 1.82) is 0 Å². The van der Waals surface area contributed by atoms with Gasteiger partial charge in [-0.1, -0.05) is 0 Å². The molecule has 1 aromatic heterocycles. The van der Waals surface area contributed by atoms with Crippen molar-refractivity contribution in [2.24, 2.45) is 5.92 Å². The number of amides is 1. The molecule has 164 valence electrons. The summed E-state index contributed by atoms with van der Waals surface area (Å²) in [4.78, 5) is 44.6. The van der Waals surface area contributed by atoms with E-state index in [1.807, 2.05) is 46.8 Å². The summed E-state index contributed by atoms with van der Waals surface area (Å²) in [5.41, 5.74) is 3.64. The fourth-order valence-electron chi connectivity index (χ4n) is 4.19. The maximum atomic E-state index is 13.2. The Kier molecular flexibility index (Phi) is 6.03. The summed E-state index contributed by atoms with van der Waals surface area (Å²) in [5, 5.41) is 9.46. The molecular weight excluding hydrogens is 392 g/mol. The maximum absolute atomic E-state index is 13.2. The zero-order valence-corrected chi connectivity index (χ0v) is 19.0. The average Bonchev–Trinajstić information content (AvgIpc) is 2.94. The van der Waals surface area contributed by atoms with Gasteiger partial charge in [0.15, 0.2) is 5.78 Å². The number of ketones is 2. The van der Waals surface area contributed by atoms with E-state index in [1.54, 1.807) is 24.1 Å². The van der Waals surface area contributed by atoms with Gasteiger partial charge in [-0.15, -0.1) is 0 Å². The molecule has 0 aliphatic heterocycles. The molecule has 1 aromatic carbocycles. The lowest BCUT2D eigenvalue weighted by Gasteiger charge is -2.32. The van der Waals surface area contributed by atoms with Gasteiger partial charge in [-0.05, 0) is 75.6 Å². The Bertz CT molecular complexity index is 1010. The first-order valence-corrected chi connectivity index (χ1v) is 10.5. The van der Waals surface area contributed by atoms with Gasteiger partial charge in [-0.3, -0.25) is 19.4 Å². The van der Waals surface area contributed by atoms with E-state index in [9.17, 15) is 19.5 Å². The molecule has 0 bridgehead atoms. The first kappa shape index (κ1) is 22.7. The number of carbonyl (C=O) groups excluding carboxylic acids is 3. The average molecular weight is 423 g/mol. The van der Waals surface area contributed by atoms with Crippen LogP contribution in [0.15, 0.2) is 30.5 Å². The summed E-state index contributed by atoms with van der Waals surface area (Å²) < 4.78 is 0. The summed E-state index contributed by atoms with van der Waals surface area (Å²) in [6, 6.07) is 7.12. The SMILES string of the molecule is Cc1cc(-c2ccc(O)cn2)cc(C)c1C1C(=O)CC(CC(=O)N(C)C(C)(C)C)C1=O. The van der Waals surface area contributed by atoms with Crippen molar-refractivity contribution in [3.8, 4) is 17.0 Å². The van der Waals surface area contributed by atoms with E-state index in [2.05, 4.69) is 4.98 Å². The van der Waals surface area contributed by atoms with E-state index in [0.717, 1.165) is 22.3 Å². The number of aryl methyl sites for hydroxylation is 2. The molecule has 1 saturated carbocycles. The van der Waals surface area contributed by atoms with Crippen LogP contribution in [0.2, 0.25) is 0 Å². The minimum absolute atomic E-state index is 0.0580. The molecule has 1 aliphatic carbocycles. The molecule has 2 unspecified atom stereocenters. The summed E-state index contributed by atoms with van der Waals surface area (Å²) >= 11 is 0. The number of hydrogen-bond acceptors (Lipinski definition) is 5. The lowest BCUT2D eigenvalue weighted by atomic mass is 9.85. The van der Waals surface area contributed by atoms with E-state index in [1.165, 1.54) is 6.20 Å². The van der Waals surface area contributed by atoms with Gasteiger partial charge >= 0.3 is 0 Å². The maximum Gasteiger partial charge on any atom is 0.223 e. The molecule has 0 saturated heterocycles. The van der Waals surface area contributed by atoms with E-state index >= 15 is 0 Å². The van der Waals surface area contributed by atoms with Gasteiger partial charge in [0.05, 0.1) is 11.9 Å². The second-order valence-electron chi connectivity index (χ2n) is 9.46. The smallest absolute Gasteiger partial charge is 0.223 e. The van der Waals surface area contributed by atoms with Gasteiger partial charge in [-0.2, -0.15) is 0 Å². The number of Topliss-reactive ketones (excluding diaryl/α,β-unsaturated/α-hetero) is 2. The van der Waals surface area contributed by atoms with Crippen molar-refractivity contribution < 1.29 is 19.5 Å². The van der Waals surface area contributed by atoms with Crippen LogP contribution in [0.3, 0.4) is 0 Å². The van der Waals surface area contributed by atoms with Crippen molar-refractivity contribution in [2.75, 3.05) is 7.05 Å². The summed E-state index contributed by atoms with van der Waals surface area (Å²) in [5.74, 6) is -1.72. The minimum atomic E-state index is -0.820. The Morgan fingerprint density at radius 2 is 1.77 bits per heavy atom. The summed E-state index contributed by atoms with van der Waals surface area (Å²) in [7, 11) is 1.73. The molecule has 6 heteroatoms. The van der Waals surface area contributed by atoms with Crippen molar-refractivity contribution in [3.05, 3.63) is 47.2 Å². The molecule has 6 nitrogen and oxygen atoms in total. The molecule has 2 aromatic rings. The molecule has 1 heterocycles. The van der Waals surface area contributed by atoms with Gasteiger partial charge in [0.1, 0.15) is 17.5 Å². The number of pyridine rings is 1. The number of aromatic nitrogens is 1. The van der Waals surface area contributed by atoms with Crippen molar-refractivity contribution in [1.82, 2.24) is 9.88 Å². The Morgan fingerprint density at radius 1 is 1.16 bits per heavy atom. The number of carbonyl (C=O) groups is 3. The van der Waals surface area contributed by atoms with E-state index < -0.39 is 11.8 Å². The van der Waals surface area contributed by atoms with Crippen LogP contribution in [-0.4, -0.2) is 45.1 Å². The molecule has 1 N–H and O–H groups in total. The largest absolute Gasteiger partial charge is 0.506 e. The predicted octanol–water partition coefficient (Wildman–Crippen LogP) is 3.96. The Labute approximate surface area is 183 Å². The van der Waals surface area contributed by atoms with Gasteiger partial charge in [0, 0.05) is 36.9 Å². The second-order valence-corrected chi connectivity index (χ2v) is 9.46. The van der Waals surface area contributed by atoms with Crippen LogP contribution >= 0.6 is 0 Å². The van der Waals surface area contributed by atoms with Gasteiger partial charge in [0.2, 0.25) is 5.91 Å². The van der Waals surface area contributed by atoms with Crippen LogP contribution in [0, 0.1) is 19.8 Å². The molecule has 3 rings (SSSR count). The zero-order valence-electron chi connectivity index (χ0n) is 19.0. The minimum Gasteiger partial charge on any atom is -0.506 e.